The highest BCUT2D eigenvalue weighted by Gasteiger charge is 2.41. The molecule has 2 fully saturated rings. The van der Waals surface area contributed by atoms with Crippen molar-refractivity contribution >= 4 is 11.8 Å². The van der Waals surface area contributed by atoms with E-state index in [2.05, 4.69) is 5.32 Å². The highest BCUT2D eigenvalue weighted by molar-refractivity contribution is 5.89. The molecule has 0 spiro atoms. The van der Waals surface area contributed by atoms with E-state index in [1.165, 1.54) is 0 Å². The molecule has 1 aliphatic carbocycles. The van der Waals surface area contributed by atoms with Crippen molar-refractivity contribution in [2.45, 2.75) is 38.4 Å². The molecule has 1 N–H and O–H groups in total. The van der Waals surface area contributed by atoms with E-state index in [1.54, 1.807) is 0 Å². The van der Waals surface area contributed by atoms with Gasteiger partial charge in [-0.2, -0.15) is 13.2 Å². The molecule has 0 bridgehead atoms. The summed E-state index contributed by atoms with van der Waals surface area (Å²) in [7, 11) is 0. The van der Waals surface area contributed by atoms with Crippen molar-refractivity contribution in [3.8, 4) is 0 Å². The van der Waals surface area contributed by atoms with Crippen LogP contribution in [0.5, 0.6) is 0 Å². The van der Waals surface area contributed by atoms with Crippen molar-refractivity contribution in [2.75, 3.05) is 13.1 Å². The second-order valence-corrected chi connectivity index (χ2v) is 5.43. The molecule has 2 rings (SSSR count). The Kier molecular flexibility index (Phi) is 3.73. The zero-order valence-corrected chi connectivity index (χ0v) is 10.7. The van der Waals surface area contributed by atoms with E-state index in [0.717, 1.165) is 12.8 Å². The number of halogens is 3. The van der Waals surface area contributed by atoms with E-state index >= 15 is 0 Å². The van der Waals surface area contributed by atoms with Gasteiger partial charge >= 0.3 is 6.18 Å². The molecular formula is C12H17F3N2O2. The van der Waals surface area contributed by atoms with Gasteiger partial charge in [-0.1, -0.05) is 0 Å². The van der Waals surface area contributed by atoms with E-state index in [1.807, 2.05) is 6.92 Å². The van der Waals surface area contributed by atoms with Crippen LogP contribution in [0.3, 0.4) is 0 Å². The molecule has 0 aromatic heterocycles. The van der Waals surface area contributed by atoms with Crippen molar-refractivity contribution in [1.82, 2.24) is 10.2 Å². The standard InChI is InChI=1S/C12H17F3N2O2/c1-7(8-2-3-8)16-11(19)9-4-10(18)17(5-9)6-12(13,14)15/h7-9H,2-6H2,1H3,(H,16,19)/t7-,9+/m0/s1. The summed E-state index contributed by atoms with van der Waals surface area (Å²) in [5, 5.41) is 2.79. The number of amides is 2. The molecule has 1 aliphatic heterocycles. The largest absolute Gasteiger partial charge is 0.406 e. The Bertz CT molecular complexity index is 380. The zero-order chi connectivity index (χ0) is 14.2. The Hall–Kier alpha value is -1.27. The van der Waals surface area contributed by atoms with Gasteiger partial charge in [-0.15, -0.1) is 0 Å². The first-order chi connectivity index (χ1) is 8.76. The molecule has 0 unspecified atom stereocenters. The second kappa shape index (κ2) is 5.02. The number of likely N-dealkylation sites (tertiary alicyclic amines) is 1. The first-order valence-electron chi connectivity index (χ1n) is 6.41. The summed E-state index contributed by atoms with van der Waals surface area (Å²) < 4.78 is 36.7. The lowest BCUT2D eigenvalue weighted by molar-refractivity contribution is -0.157. The van der Waals surface area contributed by atoms with Gasteiger partial charge in [-0.05, 0) is 25.7 Å². The molecule has 4 nitrogen and oxygen atoms in total. The number of nitrogens with zero attached hydrogens (tertiary/aromatic N) is 1. The first kappa shape index (κ1) is 14.1. The number of hydrogen-bond acceptors (Lipinski definition) is 2. The summed E-state index contributed by atoms with van der Waals surface area (Å²) in [6, 6.07) is 0.0410. The fraction of sp³-hybridized carbons (Fsp3) is 0.833. The fourth-order valence-electron chi connectivity index (χ4n) is 2.37. The van der Waals surface area contributed by atoms with Crippen LogP contribution < -0.4 is 5.32 Å². The average Bonchev–Trinajstić information content (AvgIpc) is 3.04. The number of hydrogen-bond donors (Lipinski definition) is 1. The molecule has 1 saturated heterocycles. The van der Waals surface area contributed by atoms with Crippen molar-refractivity contribution in [3.63, 3.8) is 0 Å². The number of carbonyl (C=O) groups excluding carboxylic acids is 2. The van der Waals surface area contributed by atoms with Crippen LogP contribution in [0.25, 0.3) is 0 Å². The van der Waals surface area contributed by atoms with E-state index in [9.17, 15) is 22.8 Å². The molecule has 2 amide bonds. The number of carbonyl (C=O) groups is 2. The molecule has 2 aliphatic rings. The van der Waals surface area contributed by atoms with Crippen LogP contribution >= 0.6 is 0 Å². The van der Waals surface area contributed by atoms with Crippen LogP contribution in [-0.2, 0) is 9.59 Å². The highest BCUT2D eigenvalue weighted by Crippen LogP contribution is 2.32. The van der Waals surface area contributed by atoms with E-state index in [-0.39, 0.29) is 24.9 Å². The number of rotatable bonds is 4. The minimum Gasteiger partial charge on any atom is -0.353 e. The molecule has 0 radical (unpaired) electrons. The summed E-state index contributed by atoms with van der Waals surface area (Å²) in [4.78, 5) is 24.0. The summed E-state index contributed by atoms with van der Waals surface area (Å²) in [6.07, 6.45) is -2.39. The van der Waals surface area contributed by atoms with E-state index in [4.69, 9.17) is 0 Å². The molecule has 19 heavy (non-hydrogen) atoms. The lowest BCUT2D eigenvalue weighted by atomic mass is 10.1. The van der Waals surface area contributed by atoms with Crippen molar-refractivity contribution in [2.24, 2.45) is 11.8 Å². The molecule has 108 valence electrons. The topological polar surface area (TPSA) is 49.4 Å². The van der Waals surface area contributed by atoms with Crippen molar-refractivity contribution in [3.05, 3.63) is 0 Å². The molecule has 2 atom stereocenters. The van der Waals surface area contributed by atoms with Crippen LogP contribution in [0.1, 0.15) is 26.2 Å². The predicted octanol–water partition coefficient (Wildman–Crippen LogP) is 1.31. The Morgan fingerprint density at radius 1 is 1.47 bits per heavy atom. The van der Waals surface area contributed by atoms with Gasteiger partial charge in [-0.3, -0.25) is 9.59 Å². The molecule has 1 saturated carbocycles. The molecule has 7 heteroatoms. The van der Waals surface area contributed by atoms with Crippen LogP contribution in [0.2, 0.25) is 0 Å². The summed E-state index contributed by atoms with van der Waals surface area (Å²) in [6.45, 7) is 0.481. The maximum atomic E-state index is 12.2. The predicted molar refractivity (Wildman–Crippen MR) is 61.1 cm³/mol. The maximum Gasteiger partial charge on any atom is 0.406 e. The first-order valence-corrected chi connectivity index (χ1v) is 6.41. The third kappa shape index (κ3) is 3.84. The van der Waals surface area contributed by atoms with Gasteiger partial charge in [0.2, 0.25) is 11.8 Å². The monoisotopic (exact) mass is 278 g/mol. The lowest BCUT2D eigenvalue weighted by Gasteiger charge is -2.19. The second-order valence-electron chi connectivity index (χ2n) is 5.43. The minimum atomic E-state index is -4.41. The van der Waals surface area contributed by atoms with Gasteiger partial charge in [0.15, 0.2) is 0 Å². The molecular weight excluding hydrogens is 261 g/mol. The van der Waals surface area contributed by atoms with Crippen molar-refractivity contribution < 1.29 is 22.8 Å². The normalized spacial score (nSPS) is 25.6. The van der Waals surface area contributed by atoms with Crippen molar-refractivity contribution in [1.29, 1.82) is 0 Å². The maximum absolute atomic E-state index is 12.2. The van der Waals surface area contributed by atoms with Crippen LogP contribution in [0, 0.1) is 11.8 Å². The SMILES string of the molecule is C[C@H](NC(=O)[C@@H]1CC(=O)N(CC(F)(F)F)C1)C1CC1. The number of alkyl halides is 3. The third-order valence-electron chi connectivity index (χ3n) is 3.65. The van der Waals surface area contributed by atoms with Crippen LogP contribution in [0.15, 0.2) is 0 Å². The molecule has 0 aromatic rings. The number of nitrogens with one attached hydrogen (secondary N) is 1. The summed E-state index contributed by atoms with van der Waals surface area (Å²) in [5.74, 6) is -1.09. The van der Waals surface area contributed by atoms with Gasteiger partial charge in [0.1, 0.15) is 6.54 Å². The Balaban J connectivity index is 1.85. The summed E-state index contributed by atoms with van der Waals surface area (Å²) >= 11 is 0. The van der Waals surface area contributed by atoms with Gasteiger partial charge in [0, 0.05) is 19.0 Å². The average molecular weight is 278 g/mol. The fourth-order valence-corrected chi connectivity index (χ4v) is 2.37. The highest BCUT2D eigenvalue weighted by atomic mass is 19.4. The molecule has 1 heterocycles. The van der Waals surface area contributed by atoms with Crippen LogP contribution in [0.4, 0.5) is 13.2 Å². The van der Waals surface area contributed by atoms with Gasteiger partial charge in [-0.25, -0.2) is 0 Å². The zero-order valence-electron chi connectivity index (χ0n) is 10.7. The van der Waals surface area contributed by atoms with Gasteiger partial charge in [0.25, 0.3) is 0 Å². The van der Waals surface area contributed by atoms with Crippen LogP contribution in [-0.4, -0.2) is 42.0 Å². The third-order valence-corrected chi connectivity index (χ3v) is 3.65. The Morgan fingerprint density at radius 3 is 2.63 bits per heavy atom. The smallest absolute Gasteiger partial charge is 0.353 e. The quantitative estimate of drug-likeness (QED) is 0.843. The minimum absolute atomic E-state index is 0.0410. The summed E-state index contributed by atoms with van der Waals surface area (Å²) in [5.41, 5.74) is 0. The molecule has 0 aromatic carbocycles. The lowest BCUT2D eigenvalue weighted by Crippen LogP contribution is -2.40. The Labute approximate surface area is 109 Å². The Morgan fingerprint density at radius 2 is 2.11 bits per heavy atom. The van der Waals surface area contributed by atoms with E-state index in [0.29, 0.717) is 10.8 Å². The van der Waals surface area contributed by atoms with E-state index < -0.39 is 24.5 Å². The van der Waals surface area contributed by atoms with Gasteiger partial charge < -0.3 is 10.2 Å². The van der Waals surface area contributed by atoms with Gasteiger partial charge in [0.05, 0.1) is 5.92 Å².